The number of carbonyl (C=O) groups is 1. The predicted octanol–water partition coefficient (Wildman–Crippen LogP) is 4.88. The standard InChI is InChI=1S/C21H28N6O2.C20H26N6O2.C18H21N5O3.C17H25N5O4.C16H15BrN4O3/c1-3-27-17-18(24(2)21(29)23-19(17)28)22-20(27)26-14-12-25(13-15-26)11-7-10-16-8-5-4-6-9-16;1-4-26-16-17(23(3)20(28)22-18(16)27)21-19(26)25-11-9-24(10-12-25)13-15-8-6-5-7-14(15)2;1-20-16-12(17(25)21(2)18(20)26)11-15(19-16)23-9-7-22(8-10-23)13-5-3-4-6-14(13)24;1-5-22-12-13(19(3)17(25)20(4)14(12)23)18-16(22)21-9-7-8-11(10-21)15(24)26-6-2;1-4-9-21-12-13(19(2)16(23)20(3)14(12)22)18-15(21)24-11-7-5-10(17)6-8-11/h4-6,8-9H,3,7,10-15H2,1-2H3,(H,23,28,29);5-8H,4,9-13H2,1-3H3,(H,22,27,28);3-6,24H,7-11H2,1-2H3;11H,5-10H2,1-4H3;4-8H,1,9H2,2-3H3. The van der Waals surface area contributed by atoms with Gasteiger partial charge >= 0.3 is 40.4 Å². The van der Waals surface area contributed by atoms with Crippen molar-refractivity contribution in [2.24, 2.45) is 67.3 Å². The monoisotopic (exact) mass is 1890 g/mol. The van der Waals surface area contributed by atoms with Crippen molar-refractivity contribution in [3.05, 3.63) is 247 Å². The maximum atomic E-state index is 12.6. The number of aromatic hydroxyl groups is 1. The zero-order chi connectivity index (χ0) is 95.1. The number of H-pyrrole nitrogens is 2. The molecule has 3 N–H and O–H groups in total. The number of amidine groups is 1. The molecule has 41 heteroatoms. The van der Waals surface area contributed by atoms with Crippen molar-refractivity contribution in [3.63, 3.8) is 0 Å². The average molecular weight is 1890 g/mol. The molecule has 13 aromatic rings. The number of anilines is 4. The molecule has 0 radical (unpaired) electrons. The quantitative estimate of drug-likeness (QED) is 0.0717. The minimum absolute atomic E-state index is 0.195. The Labute approximate surface area is 771 Å². The molecular weight excluding hydrogens is 1770 g/mol. The number of para-hydroxylation sites is 2. The highest BCUT2D eigenvalue weighted by Gasteiger charge is 2.34. The van der Waals surface area contributed by atoms with Crippen molar-refractivity contribution in [3.8, 4) is 17.5 Å². The number of esters is 1. The van der Waals surface area contributed by atoms with Crippen molar-refractivity contribution < 1.29 is 19.4 Å². The van der Waals surface area contributed by atoms with E-state index < -0.39 is 28.3 Å². The summed E-state index contributed by atoms with van der Waals surface area (Å²) in [5, 5.41) is 10.0. The summed E-state index contributed by atoms with van der Waals surface area (Å²) in [6, 6.07) is 33.9. The van der Waals surface area contributed by atoms with Gasteiger partial charge in [0, 0.05) is 192 Å². The molecule has 4 fully saturated rings. The number of carbonyl (C=O) groups excluding carboxylic acids is 1. The number of hydrogen-bond donors (Lipinski definition) is 3. The normalized spacial score (nSPS) is 15.3. The summed E-state index contributed by atoms with van der Waals surface area (Å²) in [4.78, 5) is 178. The van der Waals surface area contributed by atoms with E-state index in [1.165, 1.54) is 60.7 Å². The molecule has 1 unspecified atom stereocenters. The molecule has 4 saturated heterocycles. The summed E-state index contributed by atoms with van der Waals surface area (Å²) in [7, 11) is 12.5. The van der Waals surface area contributed by atoms with E-state index in [4.69, 9.17) is 9.47 Å². The maximum absolute atomic E-state index is 12.6. The second-order valence-corrected chi connectivity index (χ2v) is 34.3. The van der Waals surface area contributed by atoms with Crippen molar-refractivity contribution in [1.82, 2.24) is 99.4 Å². The first kappa shape index (κ1) is 95.1. The average Bonchev–Trinajstić information content (AvgIpc) is 1.63. The van der Waals surface area contributed by atoms with Crippen LogP contribution in [-0.2, 0) is 111 Å². The number of halogens is 1. The molecule has 1 atom stereocenters. The summed E-state index contributed by atoms with van der Waals surface area (Å²) in [5.74, 6) is 3.91. The van der Waals surface area contributed by atoms with Crippen LogP contribution < -0.4 is 80.6 Å². The van der Waals surface area contributed by atoms with E-state index in [0.717, 1.165) is 165 Å². The van der Waals surface area contributed by atoms with Crippen LogP contribution in [0.1, 0.15) is 69.2 Å². The number of piperazine rings is 3. The van der Waals surface area contributed by atoms with Gasteiger partial charge in [0.2, 0.25) is 17.8 Å². The number of benzene rings is 4. The van der Waals surface area contributed by atoms with Gasteiger partial charge in [-0.25, -0.2) is 29.0 Å². The summed E-state index contributed by atoms with van der Waals surface area (Å²) < 4.78 is 29.4. The Hall–Kier alpha value is -14.0. The Morgan fingerprint density at radius 2 is 0.992 bits per heavy atom. The van der Waals surface area contributed by atoms with Crippen LogP contribution in [-0.4, -0.2) is 221 Å². The number of aromatic amines is 2. The summed E-state index contributed by atoms with van der Waals surface area (Å²) in [6.45, 7) is 29.5. The number of aromatic nitrogens is 18. The summed E-state index contributed by atoms with van der Waals surface area (Å²) >= 11 is 3.36. The van der Waals surface area contributed by atoms with Gasteiger partial charge in [0.15, 0.2) is 44.7 Å². The van der Waals surface area contributed by atoms with E-state index in [9.17, 15) is 57.8 Å². The zero-order valence-corrected chi connectivity index (χ0v) is 79.0. The summed E-state index contributed by atoms with van der Waals surface area (Å²) in [5.41, 5.74) is 4.76. The lowest BCUT2D eigenvalue weighted by Crippen LogP contribution is -2.49. The van der Waals surface area contributed by atoms with Crippen LogP contribution >= 0.6 is 15.9 Å². The Balaban J connectivity index is 0.000000134. The van der Waals surface area contributed by atoms with Crippen molar-refractivity contribution in [1.29, 1.82) is 0 Å². The lowest BCUT2D eigenvalue weighted by Gasteiger charge is -2.37. The Morgan fingerprint density at radius 3 is 1.54 bits per heavy atom. The fourth-order valence-corrected chi connectivity index (χ4v) is 17.9. The number of aryl methyl sites for hydroxylation is 9. The first-order chi connectivity index (χ1) is 63.9. The lowest BCUT2D eigenvalue weighted by molar-refractivity contribution is -0.148. The number of fused-ring (bicyclic) bond motifs is 5. The molecule has 0 bridgehead atoms. The first-order valence-electron chi connectivity index (χ1n) is 44.7. The molecule has 0 spiro atoms. The zero-order valence-electron chi connectivity index (χ0n) is 77.4. The SMILES string of the molecule is C=CCn1c(Oc2ccc(Br)cc2)nc2c1c(=O)n(C)c(=O)n2C.CCOC(=O)C1CCCN(c2nc3c(c(=O)n(C)c(=O)n3C)n2CC)C1.CCn1c(N2CCN(CCCc3ccccc3)CC2)nc2c1c(=O)[nH]c(=O)n2C.CCn1c(N2CCN(Cc3ccccc3C)CC2)nc2c1c(=O)[nH]c(=O)n2C.Cn1c2c(c(=O)n(C)c1=O)CC(N1CCN(c3ccccc3O)CC1)=N2. The third-order valence-electron chi connectivity index (χ3n) is 25.1. The van der Waals surface area contributed by atoms with Gasteiger partial charge in [-0.1, -0.05) is 88.7 Å². The van der Waals surface area contributed by atoms with Gasteiger partial charge in [-0.15, -0.1) is 6.58 Å². The number of allylic oxidation sites excluding steroid dienone is 1. The molecule has 133 heavy (non-hydrogen) atoms. The van der Waals surface area contributed by atoms with Crippen molar-refractivity contribution >= 4 is 102 Å². The predicted molar refractivity (Wildman–Crippen MR) is 516 cm³/mol. The largest absolute Gasteiger partial charge is 0.506 e. The number of phenolic OH excluding ortho intramolecular Hbond substituents is 1. The van der Waals surface area contributed by atoms with E-state index in [2.05, 4.69) is 148 Å². The van der Waals surface area contributed by atoms with Crippen LogP contribution in [0.3, 0.4) is 0 Å². The number of piperidine rings is 1. The molecule has 9 aromatic heterocycles. The van der Waals surface area contributed by atoms with E-state index in [0.29, 0.717) is 108 Å². The number of ether oxygens (including phenoxy) is 2. The number of hydrogen-bond acceptors (Lipinski definition) is 26. The molecule has 4 aromatic carbocycles. The van der Waals surface area contributed by atoms with E-state index in [1.807, 2.05) is 69.7 Å². The maximum Gasteiger partial charge on any atom is 0.332 e. The highest BCUT2D eigenvalue weighted by atomic mass is 79.9. The number of aliphatic imine (C=N–C) groups is 1. The molecule has 14 heterocycles. The van der Waals surface area contributed by atoms with E-state index in [-0.39, 0.29) is 57.2 Å². The number of nitrogens with one attached hydrogen (secondary N) is 2. The molecule has 0 amide bonds. The smallest absolute Gasteiger partial charge is 0.332 e. The second-order valence-electron chi connectivity index (χ2n) is 33.4. The van der Waals surface area contributed by atoms with Crippen LogP contribution in [0.25, 0.3) is 44.7 Å². The number of imidazole rings is 4. The van der Waals surface area contributed by atoms with Gasteiger partial charge in [0.25, 0.3) is 27.8 Å². The van der Waals surface area contributed by atoms with Gasteiger partial charge in [-0.3, -0.25) is 89.6 Å². The molecule has 40 nitrogen and oxygen atoms in total. The van der Waals surface area contributed by atoms with Crippen LogP contribution in [0.2, 0.25) is 0 Å². The first-order valence-corrected chi connectivity index (χ1v) is 45.5. The number of rotatable bonds is 19. The van der Waals surface area contributed by atoms with E-state index in [1.54, 1.807) is 71.0 Å². The molecule has 0 saturated carbocycles. The van der Waals surface area contributed by atoms with E-state index >= 15 is 0 Å². The minimum atomic E-state index is -0.439. The van der Waals surface area contributed by atoms with Gasteiger partial charge in [0.1, 0.15) is 23.2 Å². The molecule has 18 rings (SSSR count). The third kappa shape index (κ3) is 19.7. The Kier molecular flexibility index (Phi) is 29.5. The number of phenols is 1. The van der Waals surface area contributed by atoms with Gasteiger partial charge in [-0.05, 0) is 120 Å². The minimum Gasteiger partial charge on any atom is -0.506 e. The van der Waals surface area contributed by atoms with Gasteiger partial charge < -0.3 is 52.8 Å². The molecule has 0 aliphatic carbocycles. The van der Waals surface area contributed by atoms with Crippen LogP contribution in [0.4, 0.5) is 29.4 Å². The molecule has 704 valence electrons. The van der Waals surface area contributed by atoms with Crippen LogP contribution in [0.15, 0.2) is 173 Å². The fraction of sp³-hybridized carbons (Fsp3) is 0.435. The third-order valence-corrected chi connectivity index (χ3v) is 25.7. The molecule has 5 aliphatic heterocycles. The van der Waals surface area contributed by atoms with Gasteiger partial charge in [-0.2, -0.15) is 19.9 Å². The highest BCUT2D eigenvalue weighted by molar-refractivity contribution is 9.10. The second kappa shape index (κ2) is 41.2. The fourth-order valence-electron chi connectivity index (χ4n) is 17.6. The summed E-state index contributed by atoms with van der Waals surface area (Å²) in [6.07, 6.45) is 5.96. The Bertz CT molecular complexity index is 7190. The van der Waals surface area contributed by atoms with Crippen LogP contribution in [0.5, 0.6) is 17.5 Å². The molecule has 5 aliphatic rings. The highest BCUT2D eigenvalue weighted by Crippen LogP contribution is 2.32. The Morgan fingerprint density at radius 1 is 0.511 bits per heavy atom. The number of nitrogens with zero attached hydrogens (tertiary/aromatic N) is 24. The van der Waals surface area contributed by atoms with Gasteiger partial charge in [0.05, 0.1) is 23.8 Å². The van der Waals surface area contributed by atoms with Crippen molar-refractivity contribution in [2.75, 3.05) is 124 Å². The molecular formula is C92H115BrN26O14. The topological polar surface area (TPSA) is 404 Å². The van der Waals surface area contributed by atoms with Crippen LogP contribution in [0, 0.1) is 12.8 Å². The van der Waals surface area contributed by atoms with Crippen molar-refractivity contribution in [2.45, 2.75) is 99.4 Å². The lowest BCUT2D eigenvalue weighted by atomic mass is 9.98.